The van der Waals surface area contributed by atoms with Crippen molar-refractivity contribution in [1.82, 2.24) is 4.57 Å². The minimum Gasteiger partial charge on any atom is -0.480 e. The molecule has 0 amide bonds. The van der Waals surface area contributed by atoms with E-state index in [1.807, 2.05) is 0 Å². The summed E-state index contributed by atoms with van der Waals surface area (Å²) in [6.45, 7) is 1.38. The van der Waals surface area contributed by atoms with Gasteiger partial charge in [-0.25, -0.2) is 4.79 Å². The largest absolute Gasteiger partial charge is 0.480 e. The summed E-state index contributed by atoms with van der Waals surface area (Å²) in [5.74, 6) is -1.15. The molecule has 19 heavy (non-hydrogen) atoms. The predicted molar refractivity (Wildman–Crippen MR) is 67.2 cm³/mol. The Balaban J connectivity index is 2.77. The highest BCUT2D eigenvalue weighted by Gasteiger charge is 2.18. The molecule has 7 nitrogen and oxygen atoms in total. The fraction of sp³-hybridized carbons (Fsp3) is 0.167. The van der Waals surface area contributed by atoms with Crippen molar-refractivity contribution in [3.05, 3.63) is 50.8 Å². The summed E-state index contributed by atoms with van der Waals surface area (Å²) in [6.07, 6.45) is 0. The van der Waals surface area contributed by atoms with Gasteiger partial charge in [0, 0.05) is 23.6 Å². The number of nitro groups is 1. The summed E-state index contributed by atoms with van der Waals surface area (Å²) in [4.78, 5) is 32.9. The molecule has 98 valence electrons. The SMILES string of the molecule is CC(C(=O)O)n1c(=O)ccc2cc([N+](=O)[O-])ccc21. The van der Waals surface area contributed by atoms with Gasteiger partial charge in [0.15, 0.2) is 0 Å². The van der Waals surface area contributed by atoms with Crippen LogP contribution in [0.5, 0.6) is 0 Å². The van der Waals surface area contributed by atoms with Crippen LogP contribution in [0.15, 0.2) is 35.1 Å². The first-order valence-corrected chi connectivity index (χ1v) is 5.44. The topological polar surface area (TPSA) is 102 Å². The van der Waals surface area contributed by atoms with E-state index in [-0.39, 0.29) is 5.69 Å². The molecular formula is C12H10N2O5. The molecule has 0 saturated heterocycles. The lowest BCUT2D eigenvalue weighted by Crippen LogP contribution is -2.27. The Morgan fingerprint density at radius 3 is 2.63 bits per heavy atom. The van der Waals surface area contributed by atoms with E-state index in [1.54, 1.807) is 0 Å². The van der Waals surface area contributed by atoms with Gasteiger partial charge in [0.05, 0.1) is 10.4 Å². The molecule has 1 N–H and O–H groups in total. The normalized spacial score (nSPS) is 12.3. The van der Waals surface area contributed by atoms with Crippen LogP contribution < -0.4 is 5.56 Å². The van der Waals surface area contributed by atoms with Gasteiger partial charge in [0.25, 0.3) is 11.2 Å². The molecule has 2 rings (SSSR count). The van der Waals surface area contributed by atoms with Gasteiger partial charge in [0.2, 0.25) is 0 Å². The predicted octanol–water partition coefficient (Wildman–Crippen LogP) is 1.56. The van der Waals surface area contributed by atoms with E-state index in [2.05, 4.69) is 0 Å². The van der Waals surface area contributed by atoms with Crippen LogP contribution in [0.25, 0.3) is 10.9 Å². The minimum absolute atomic E-state index is 0.110. The van der Waals surface area contributed by atoms with Crippen molar-refractivity contribution in [3.63, 3.8) is 0 Å². The van der Waals surface area contributed by atoms with Gasteiger partial charge in [-0.05, 0) is 19.1 Å². The van der Waals surface area contributed by atoms with E-state index in [4.69, 9.17) is 5.11 Å². The number of nitro benzene ring substituents is 1. The molecule has 1 heterocycles. The molecule has 0 radical (unpaired) electrons. The molecule has 1 atom stereocenters. The third-order valence-corrected chi connectivity index (χ3v) is 2.87. The van der Waals surface area contributed by atoms with Crippen LogP contribution in [0.3, 0.4) is 0 Å². The molecule has 1 aromatic heterocycles. The van der Waals surface area contributed by atoms with Gasteiger partial charge in [-0.1, -0.05) is 0 Å². The Morgan fingerprint density at radius 2 is 2.05 bits per heavy atom. The van der Waals surface area contributed by atoms with Crippen molar-refractivity contribution in [2.45, 2.75) is 13.0 Å². The van der Waals surface area contributed by atoms with E-state index >= 15 is 0 Å². The first-order chi connectivity index (χ1) is 8.91. The number of carbonyl (C=O) groups is 1. The second kappa shape index (κ2) is 4.52. The van der Waals surface area contributed by atoms with Gasteiger partial charge in [0.1, 0.15) is 6.04 Å². The Hall–Kier alpha value is -2.70. The van der Waals surface area contributed by atoms with Crippen LogP contribution >= 0.6 is 0 Å². The summed E-state index contributed by atoms with van der Waals surface area (Å²) in [5.41, 5.74) is -0.218. The third kappa shape index (κ3) is 2.17. The number of non-ortho nitro benzene ring substituents is 1. The Morgan fingerprint density at radius 1 is 1.37 bits per heavy atom. The summed E-state index contributed by atoms with van der Waals surface area (Å²) in [6, 6.07) is 5.53. The average Bonchev–Trinajstić information content (AvgIpc) is 2.37. The highest BCUT2D eigenvalue weighted by atomic mass is 16.6. The van der Waals surface area contributed by atoms with E-state index in [0.717, 1.165) is 4.57 Å². The monoisotopic (exact) mass is 262 g/mol. The van der Waals surface area contributed by atoms with Crippen molar-refractivity contribution >= 4 is 22.6 Å². The standard InChI is InChI=1S/C12H10N2O5/c1-7(12(16)17)13-10-4-3-9(14(18)19)6-8(10)2-5-11(13)15/h2-7H,1H3,(H,16,17). The number of fused-ring (bicyclic) bond motifs is 1. The Bertz CT molecular complexity index is 734. The minimum atomic E-state index is -1.15. The number of rotatable bonds is 3. The Kier molecular flexibility index (Phi) is 3.04. The van der Waals surface area contributed by atoms with Crippen LogP contribution in [0.2, 0.25) is 0 Å². The maximum absolute atomic E-state index is 11.8. The molecule has 0 spiro atoms. The zero-order valence-corrected chi connectivity index (χ0v) is 9.94. The first-order valence-electron chi connectivity index (χ1n) is 5.44. The van der Waals surface area contributed by atoms with Gasteiger partial charge in [-0.15, -0.1) is 0 Å². The van der Waals surface area contributed by atoms with Crippen molar-refractivity contribution < 1.29 is 14.8 Å². The van der Waals surface area contributed by atoms with Crippen LogP contribution in [0, 0.1) is 10.1 Å². The average molecular weight is 262 g/mol. The van der Waals surface area contributed by atoms with Crippen molar-refractivity contribution in [3.8, 4) is 0 Å². The van der Waals surface area contributed by atoms with Gasteiger partial charge in [-0.2, -0.15) is 0 Å². The molecule has 1 aromatic carbocycles. The second-order valence-electron chi connectivity index (χ2n) is 4.06. The number of carboxylic acid groups (broad SMARTS) is 1. The second-order valence-corrected chi connectivity index (χ2v) is 4.06. The summed E-state index contributed by atoms with van der Waals surface area (Å²) in [7, 11) is 0. The number of carboxylic acids is 1. The van der Waals surface area contributed by atoms with Crippen molar-refractivity contribution in [2.24, 2.45) is 0 Å². The summed E-state index contributed by atoms with van der Waals surface area (Å²) in [5, 5.41) is 20.1. The number of nitrogens with zero attached hydrogens (tertiary/aromatic N) is 2. The first kappa shape index (κ1) is 12.7. The summed E-state index contributed by atoms with van der Waals surface area (Å²) < 4.78 is 1.10. The zero-order valence-electron chi connectivity index (χ0n) is 9.94. The molecule has 0 fully saturated rings. The van der Waals surface area contributed by atoms with Crippen LogP contribution in [0.1, 0.15) is 13.0 Å². The van der Waals surface area contributed by atoms with Crippen LogP contribution in [-0.2, 0) is 4.79 Å². The summed E-state index contributed by atoms with van der Waals surface area (Å²) >= 11 is 0. The van der Waals surface area contributed by atoms with Crippen LogP contribution in [-0.4, -0.2) is 20.6 Å². The van der Waals surface area contributed by atoms with Gasteiger partial charge in [-0.3, -0.25) is 19.5 Å². The van der Waals surface area contributed by atoms with E-state index < -0.39 is 22.5 Å². The zero-order chi connectivity index (χ0) is 14.2. The van der Waals surface area contributed by atoms with Crippen LogP contribution in [0.4, 0.5) is 5.69 Å². The number of hydrogen-bond acceptors (Lipinski definition) is 4. The smallest absolute Gasteiger partial charge is 0.326 e. The maximum Gasteiger partial charge on any atom is 0.326 e. The molecule has 0 bridgehead atoms. The lowest BCUT2D eigenvalue weighted by atomic mass is 10.1. The molecule has 0 aliphatic heterocycles. The molecule has 7 heteroatoms. The number of pyridine rings is 1. The molecule has 0 saturated carbocycles. The number of aromatic nitrogens is 1. The van der Waals surface area contributed by atoms with E-state index in [0.29, 0.717) is 10.9 Å². The molecule has 2 aromatic rings. The number of hydrogen-bond donors (Lipinski definition) is 1. The third-order valence-electron chi connectivity index (χ3n) is 2.87. The maximum atomic E-state index is 11.8. The molecule has 0 aliphatic carbocycles. The molecule has 0 aliphatic rings. The van der Waals surface area contributed by atoms with Crippen molar-refractivity contribution in [2.75, 3.05) is 0 Å². The number of aliphatic carboxylic acids is 1. The van der Waals surface area contributed by atoms with E-state index in [9.17, 15) is 19.7 Å². The Labute approximate surface area is 106 Å². The lowest BCUT2D eigenvalue weighted by molar-refractivity contribution is -0.384. The highest BCUT2D eigenvalue weighted by Crippen LogP contribution is 2.21. The highest BCUT2D eigenvalue weighted by molar-refractivity contribution is 5.83. The fourth-order valence-corrected chi connectivity index (χ4v) is 1.88. The number of benzene rings is 1. The fourth-order valence-electron chi connectivity index (χ4n) is 1.88. The molecule has 1 unspecified atom stereocenters. The van der Waals surface area contributed by atoms with Gasteiger partial charge >= 0.3 is 5.97 Å². The van der Waals surface area contributed by atoms with Gasteiger partial charge < -0.3 is 5.11 Å². The lowest BCUT2D eigenvalue weighted by Gasteiger charge is -2.13. The molecular weight excluding hydrogens is 252 g/mol. The van der Waals surface area contributed by atoms with Crippen molar-refractivity contribution in [1.29, 1.82) is 0 Å². The van der Waals surface area contributed by atoms with E-state index in [1.165, 1.54) is 37.3 Å². The quantitative estimate of drug-likeness (QED) is 0.667.